The fourth-order valence-corrected chi connectivity index (χ4v) is 4.75. The molecule has 2 amide bonds. The summed E-state index contributed by atoms with van der Waals surface area (Å²) in [7, 11) is 0. The van der Waals surface area contributed by atoms with E-state index >= 15 is 13.2 Å². The molecule has 1 unspecified atom stereocenters. The first-order valence-electron chi connectivity index (χ1n) is 12.9. The van der Waals surface area contributed by atoms with Crippen molar-refractivity contribution in [2.24, 2.45) is 0 Å². The van der Waals surface area contributed by atoms with Crippen LogP contribution in [0.25, 0.3) is 0 Å². The normalized spacial score (nSPS) is 17.3. The first kappa shape index (κ1) is 29.5. The molecular formula is C31H28F4N2O4. The summed E-state index contributed by atoms with van der Waals surface area (Å²) in [6.07, 6.45) is -5.47. The van der Waals surface area contributed by atoms with Gasteiger partial charge in [0, 0.05) is 23.4 Å². The zero-order chi connectivity index (χ0) is 29.9. The molecule has 0 bridgehead atoms. The molecule has 1 heterocycles. The molecule has 41 heavy (non-hydrogen) atoms. The fraction of sp³-hybridized carbons (Fsp3) is 0.258. The van der Waals surface area contributed by atoms with Crippen molar-refractivity contribution in [1.29, 1.82) is 0 Å². The number of ketones is 1. The molecule has 10 heteroatoms. The maximum absolute atomic E-state index is 15.1. The number of alkyl halides is 3. The van der Waals surface area contributed by atoms with Crippen molar-refractivity contribution in [3.63, 3.8) is 0 Å². The second-order valence-corrected chi connectivity index (χ2v) is 9.88. The largest absolute Gasteiger partial charge is 0.491 e. The number of ether oxygens (including phenoxy) is 1. The molecule has 3 aromatic rings. The predicted molar refractivity (Wildman–Crippen MR) is 144 cm³/mol. The average Bonchev–Trinajstić information content (AvgIpc) is 3.14. The van der Waals surface area contributed by atoms with E-state index in [1.807, 2.05) is 5.32 Å². The van der Waals surface area contributed by atoms with Crippen LogP contribution in [0.2, 0.25) is 0 Å². The summed E-state index contributed by atoms with van der Waals surface area (Å²) in [5.41, 5.74) is -4.42. The van der Waals surface area contributed by atoms with Gasteiger partial charge in [0.2, 0.25) is 5.54 Å². The quantitative estimate of drug-likeness (QED) is 0.258. The smallest absolute Gasteiger partial charge is 0.425 e. The Labute approximate surface area is 234 Å². The molecule has 0 saturated carbocycles. The Hall–Kier alpha value is -4.47. The van der Waals surface area contributed by atoms with Crippen LogP contribution in [0.1, 0.15) is 47.1 Å². The van der Waals surface area contributed by atoms with Crippen LogP contribution in [0.3, 0.4) is 0 Å². The Balaban J connectivity index is 1.77. The van der Waals surface area contributed by atoms with E-state index in [-0.39, 0.29) is 35.9 Å². The number of carbonyl (C=O) groups excluding carboxylic acids is 3. The highest BCUT2D eigenvalue weighted by molar-refractivity contribution is 6.19. The molecule has 214 valence electrons. The van der Waals surface area contributed by atoms with Gasteiger partial charge in [-0.15, -0.1) is 0 Å². The van der Waals surface area contributed by atoms with Crippen LogP contribution in [-0.2, 0) is 11.2 Å². The third-order valence-corrected chi connectivity index (χ3v) is 6.72. The number of Topliss-reactive ketones (excluding diaryl/α,β-unsaturated/α-hetero) is 1. The summed E-state index contributed by atoms with van der Waals surface area (Å²) in [6.45, 7) is 4.59. The Kier molecular flexibility index (Phi) is 8.32. The lowest BCUT2D eigenvalue weighted by Crippen LogP contribution is -2.66. The fourth-order valence-electron chi connectivity index (χ4n) is 4.75. The summed E-state index contributed by atoms with van der Waals surface area (Å²) in [6, 6.07) is 18.0. The van der Waals surface area contributed by atoms with Gasteiger partial charge >= 0.3 is 6.18 Å². The van der Waals surface area contributed by atoms with Crippen molar-refractivity contribution >= 4 is 17.6 Å². The zero-order valence-electron chi connectivity index (χ0n) is 22.6. The molecule has 1 aliphatic rings. The number of rotatable bonds is 9. The average molecular weight is 569 g/mol. The molecule has 1 atom stereocenters. The standard InChI is InChI=1S/C31H28F4N2O4/c1-19(2)41-25-15-11-23(12-16-25)28(39)36-30(31(33,34)35)26(27(38)22-7-5-4-6-8-22)20(3)37(29(30)40)18-17-21-9-13-24(32)14-10-21/h4-16,19H,17-18H2,1-3H3,(H,36,39). The number of carbonyl (C=O) groups is 3. The minimum absolute atomic E-state index is 0.0758. The van der Waals surface area contributed by atoms with E-state index in [4.69, 9.17) is 4.74 Å². The zero-order valence-corrected chi connectivity index (χ0v) is 22.6. The Morgan fingerprint density at radius 3 is 2.10 bits per heavy atom. The third kappa shape index (κ3) is 5.86. The van der Waals surface area contributed by atoms with Crippen molar-refractivity contribution in [3.8, 4) is 5.75 Å². The number of benzene rings is 3. The van der Waals surface area contributed by atoms with Crippen molar-refractivity contribution in [2.75, 3.05) is 6.54 Å². The molecule has 3 aromatic carbocycles. The highest BCUT2D eigenvalue weighted by atomic mass is 19.4. The van der Waals surface area contributed by atoms with Crippen molar-refractivity contribution < 1.29 is 36.7 Å². The lowest BCUT2D eigenvalue weighted by molar-refractivity contribution is -0.189. The Bertz CT molecular complexity index is 1470. The van der Waals surface area contributed by atoms with Crippen molar-refractivity contribution in [2.45, 2.75) is 45.0 Å². The van der Waals surface area contributed by atoms with Gasteiger partial charge in [-0.1, -0.05) is 42.5 Å². The second-order valence-electron chi connectivity index (χ2n) is 9.88. The monoisotopic (exact) mass is 568 g/mol. The number of hydrogen-bond donors (Lipinski definition) is 1. The van der Waals surface area contributed by atoms with Gasteiger partial charge < -0.3 is 15.0 Å². The number of nitrogens with zero attached hydrogens (tertiary/aromatic N) is 1. The van der Waals surface area contributed by atoms with Gasteiger partial charge in [-0.3, -0.25) is 14.4 Å². The van der Waals surface area contributed by atoms with Crippen LogP contribution < -0.4 is 10.1 Å². The first-order valence-corrected chi connectivity index (χ1v) is 12.9. The van der Waals surface area contributed by atoms with Gasteiger partial charge in [0.1, 0.15) is 11.6 Å². The van der Waals surface area contributed by atoms with Crippen molar-refractivity contribution in [1.82, 2.24) is 10.2 Å². The second kappa shape index (κ2) is 11.6. The van der Waals surface area contributed by atoms with E-state index in [0.29, 0.717) is 11.3 Å². The summed E-state index contributed by atoms with van der Waals surface area (Å²) in [5, 5.41) is 1.90. The van der Waals surface area contributed by atoms with Crippen LogP contribution in [0.4, 0.5) is 17.6 Å². The van der Waals surface area contributed by atoms with Gasteiger partial charge in [0.05, 0.1) is 11.7 Å². The van der Waals surface area contributed by atoms with E-state index in [2.05, 4.69) is 0 Å². The number of nitrogens with one attached hydrogen (secondary N) is 1. The molecule has 0 saturated heterocycles. The molecule has 0 aromatic heterocycles. The SMILES string of the molecule is CC1=C(C(=O)c2ccccc2)C(NC(=O)c2ccc(OC(C)C)cc2)(C(F)(F)F)C(=O)N1CCc1ccc(F)cc1. The Morgan fingerprint density at radius 2 is 1.54 bits per heavy atom. The summed E-state index contributed by atoms with van der Waals surface area (Å²) >= 11 is 0. The summed E-state index contributed by atoms with van der Waals surface area (Å²) in [4.78, 5) is 41.5. The maximum Gasteiger partial charge on any atom is 0.425 e. The number of allylic oxidation sites excluding steroid dienone is 1. The molecular weight excluding hydrogens is 540 g/mol. The number of hydrogen-bond acceptors (Lipinski definition) is 4. The predicted octanol–water partition coefficient (Wildman–Crippen LogP) is 5.89. The number of halogens is 4. The van der Waals surface area contributed by atoms with Gasteiger partial charge in [-0.2, -0.15) is 13.2 Å². The molecule has 6 nitrogen and oxygen atoms in total. The lowest BCUT2D eigenvalue weighted by Gasteiger charge is -2.33. The first-order chi connectivity index (χ1) is 19.3. The van der Waals surface area contributed by atoms with E-state index in [1.165, 1.54) is 79.7 Å². The molecule has 4 rings (SSSR count). The van der Waals surface area contributed by atoms with E-state index in [9.17, 15) is 18.8 Å². The molecule has 1 aliphatic heterocycles. The van der Waals surface area contributed by atoms with E-state index in [1.54, 1.807) is 19.9 Å². The van der Waals surface area contributed by atoms with Crippen LogP contribution in [-0.4, -0.2) is 46.9 Å². The van der Waals surface area contributed by atoms with Crippen LogP contribution in [0.15, 0.2) is 90.1 Å². The van der Waals surface area contributed by atoms with Gasteiger partial charge in [-0.05, 0) is 69.2 Å². The van der Waals surface area contributed by atoms with Crippen LogP contribution >= 0.6 is 0 Å². The molecule has 0 aliphatic carbocycles. The third-order valence-electron chi connectivity index (χ3n) is 6.72. The van der Waals surface area contributed by atoms with Crippen LogP contribution in [0.5, 0.6) is 5.75 Å². The van der Waals surface area contributed by atoms with E-state index < -0.39 is 40.7 Å². The topological polar surface area (TPSA) is 75.7 Å². The molecule has 1 N–H and O–H groups in total. The van der Waals surface area contributed by atoms with E-state index in [0.717, 1.165) is 4.90 Å². The van der Waals surface area contributed by atoms with Gasteiger partial charge in [-0.25, -0.2) is 4.39 Å². The highest BCUT2D eigenvalue weighted by Crippen LogP contribution is 2.46. The highest BCUT2D eigenvalue weighted by Gasteiger charge is 2.70. The Morgan fingerprint density at radius 1 is 0.927 bits per heavy atom. The minimum atomic E-state index is -5.38. The van der Waals surface area contributed by atoms with Gasteiger partial charge in [0.15, 0.2) is 5.78 Å². The lowest BCUT2D eigenvalue weighted by atomic mass is 9.84. The maximum atomic E-state index is 15.1. The number of amides is 2. The molecule has 0 spiro atoms. The molecule has 0 fully saturated rings. The minimum Gasteiger partial charge on any atom is -0.491 e. The summed E-state index contributed by atoms with van der Waals surface area (Å²) in [5.74, 6) is -3.82. The summed E-state index contributed by atoms with van der Waals surface area (Å²) < 4.78 is 64.2. The van der Waals surface area contributed by atoms with Gasteiger partial charge in [0.25, 0.3) is 11.8 Å². The van der Waals surface area contributed by atoms with Crippen molar-refractivity contribution in [3.05, 3.63) is 113 Å². The van der Waals surface area contributed by atoms with Crippen LogP contribution in [0, 0.1) is 5.82 Å². The molecule has 0 radical (unpaired) electrons.